The van der Waals surface area contributed by atoms with Crippen LogP contribution in [0, 0.1) is 0 Å². The first-order chi connectivity index (χ1) is 18.5. The molecule has 3 heterocycles. The van der Waals surface area contributed by atoms with E-state index in [0.717, 1.165) is 22.2 Å². The molecule has 210 valence electrons. The number of amidine groups is 1. The number of alkyl halides is 3. The molecule has 1 amide bonds. The highest BCUT2D eigenvalue weighted by Gasteiger charge is 2.49. The van der Waals surface area contributed by atoms with Crippen LogP contribution in [0.25, 0.3) is 0 Å². The maximum atomic E-state index is 13.9. The number of ether oxygens (including phenoxy) is 2. The van der Waals surface area contributed by atoms with Crippen molar-refractivity contribution in [3.05, 3.63) is 63.6 Å². The van der Waals surface area contributed by atoms with Gasteiger partial charge in [0, 0.05) is 4.47 Å². The molecule has 0 aromatic heterocycles. The lowest BCUT2D eigenvalue weighted by molar-refractivity contribution is -0.137. The summed E-state index contributed by atoms with van der Waals surface area (Å²) in [5, 5.41) is 8.32. The molecule has 0 radical (unpaired) electrons. The minimum absolute atomic E-state index is 0.0241. The molecule has 9 nitrogen and oxygen atoms in total. The summed E-state index contributed by atoms with van der Waals surface area (Å²) in [5.41, 5.74) is 9.37. The smallest absolute Gasteiger partial charge is 0.416 e. The number of epoxide rings is 1. The molecule has 1 fully saturated rings. The number of benzene rings is 2. The molecule has 0 spiro atoms. The average molecular weight is 611 g/mol. The van der Waals surface area contributed by atoms with Crippen LogP contribution in [0.1, 0.15) is 49.3 Å². The second kappa shape index (κ2) is 10.6. The zero-order chi connectivity index (χ0) is 27.9. The Morgan fingerprint density at radius 1 is 1.28 bits per heavy atom. The molecule has 2 aromatic rings. The molecule has 3 N–H and O–H groups in total. The number of nitrogens with zero attached hydrogens (tertiary/aromatic N) is 4. The van der Waals surface area contributed by atoms with Crippen LogP contribution in [-0.4, -0.2) is 53.6 Å². The van der Waals surface area contributed by atoms with E-state index in [4.69, 9.17) is 15.2 Å². The summed E-state index contributed by atoms with van der Waals surface area (Å²) in [7, 11) is 0. The zero-order valence-corrected chi connectivity index (χ0v) is 23.1. The van der Waals surface area contributed by atoms with Crippen molar-refractivity contribution in [1.29, 1.82) is 0 Å². The number of rotatable bonds is 7. The minimum Gasteiger partial charge on any atom is -0.449 e. The van der Waals surface area contributed by atoms with E-state index in [9.17, 15) is 18.0 Å². The predicted octanol–water partition coefficient (Wildman–Crippen LogP) is 4.93. The highest BCUT2D eigenvalue weighted by atomic mass is 79.9. The Kier molecular flexibility index (Phi) is 7.53. The molecule has 3 atom stereocenters. The van der Waals surface area contributed by atoms with Crippen molar-refractivity contribution in [3.63, 3.8) is 0 Å². The van der Waals surface area contributed by atoms with Gasteiger partial charge in [0.05, 0.1) is 49.6 Å². The third-order valence-corrected chi connectivity index (χ3v) is 7.68. The number of anilines is 1. The summed E-state index contributed by atoms with van der Waals surface area (Å²) in [4.78, 5) is 14.4. The minimum atomic E-state index is -4.57. The summed E-state index contributed by atoms with van der Waals surface area (Å²) in [6.45, 7) is 5.12. The van der Waals surface area contributed by atoms with E-state index < -0.39 is 29.4 Å². The number of hydrogen-bond donors (Lipinski definition) is 2. The van der Waals surface area contributed by atoms with E-state index in [1.54, 1.807) is 6.92 Å². The van der Waals surface area contributed by atoms with Gasteiger partial charge in [-0.2, -0.15) is 13.2 Å². The topological polar surface area (TPSA) is 99.0 Å². The molecule has 3 aliphatic rings. The summed E-state index contributed by atoms with van der Waals surface area (Å²) in [6.07, 6.45) is -4.77. The van der Waals surface area contributed by atoms with E-state index in [1.807, 2.05) is 41.3 Å². The number of hydrazine groups is 2. The van der Waals surface area contributed by atoms with Crippen molar-refractivity contribution in [2.75, 3.05) is 24.7 Å². The SMILES string of the molecule is CCOC(=O)N1c2ccc(C(F)(F)F)cc2[C@@H](C2=NNN(CC3CO3)N2Cc2cccc(Br)c2)C[C@@]1(N)CC. The number of nitrogens with one attached hydrogen (secondary N) is 1. The standard InChI is InChI=1S/C26H30BrF3N6O3/c1-3-25(31)12-21(20-11-17(26(28,29)30)8-9-22(20)36(25)24(37)38-4-2)23-32-33-35(14-19-15-39-19)34(23)13-16-6-5-7-18(27)10-16/h5-11,19,21,33H,3-4,12-15,31H2,1-2H3/t19?,21-,25+/m0/s1. The molecule has 39 heavy (non-hydrogen) atoms. The quantitative estimate of drug-likeness (QED) is 0.429. The lowest BCUT2D eigenvalue weighted by Crippen LogP contribution is -2.62. The molecule has 1 saturated heterocycles. The summed E-state index contributed by atoms with van der Waals surface area (Å²) >= 11 is 3.50. The van der Waals surface area contributed by atoms with Crippen molar-refractivity contribution in [2.45, 2.75) is 57.1 Å². The second-order valence-electron chi connectivity index (χ2n) is 9.81. The van der Waals surface area contributed by atoms with E-state index in [1.165, 1.54) is 11.0 Å². The Bertz CT molecular complexity index is 1270. The average Bonchev–Trinajstić information content (AvgIpc) is 3.62. The van der Waals surface area contributed by atoms with Crippen molar-refractivity contribution >= 4 is 33.5 Å². The van der Waals surface area contributed by atoms with Gasteiger partial charge in [-0.15, -0.1) is 10.2 Å². The first-order valence-corrected chi connectivity index (χ1v) is 13.5. The summed E-state index contributed by atoms with van der Waals surface area (Å²) in [5.74, 6) is -0.148. The molecule has 5 rings (SSSR count). The summed E-state index contributed by atoms with van der Waals surface area (Å²) < 4.78 is 53.2. The number of carbonyl (C=O) groups is 1. The van der Waals surface area contributed by atoms with Crippen LogP contribution in [0.5, 0.6) is 0 Å². The van der Waals surface area contributed by atoms with Gasteiger partial charge in [-0.25, -0.2) is 10.3 Å². The van der Waals surface area contributed by atoms with Gasteiger partial charge in [-0.1, -0.05) is 35.0 Å². The molecule has 2 aromatic carbocycles. The molecule has 1 unspecified atom stereocenters. The fourth-order valence-corrected chi connectivity index (χ4v) is 5.54. The van der Waals surface area contributed by atoms with Crippen molar-refractivity contribution in [3.8, 4) is 0 Å². The maximum Gasteiger partial charge on any atom is 0.416 e. The Hall–Kier alpha value is -2.87. The lowest BCUT2D eigenvalue weighted by Gasteiger charge is -2.47. The third kappa shape index (κ3) is 5.58. The molecule has 0 aliphatic carbocycles. The summed E-state index contributed by atoms with van der Waals surface area (Å²) in [6, 6.07) is 11.1. The van der Waals surface area contributed by atoms with E-state index in [2.05, 4.69) is 26.6 Å². The van der Waals surface area contributed by atoms with Gasteiger partial charge < -0.3 is 15.2 Å². The highest BCUT2D eigenvalue weighted by molar-refractivity contribution is 9.10. The Balaban J connectivity index is 1.60. The molecule has 0 saturated carbocycles. The fraction of sp³-hybridized carbons (Fsp3) is 0.462. The number of carbonyl (C=O) groups excluding carboxylic acids is 1. The van der Waals surface area contributed by atoms with Crippen molar-refractivity contribution in [1.82, 2.24) is 15.7 Å². The van der Waals surface area contributed by atoms with Crippen molar-refractivity contribution in [2.24, 2.45) is 10.8 Å². The maximum absolute atomic E-state index is 13.9. The molecular formula is C26H30BrF3N6O3. The normalized spacial score (nSPS) is 24.7. The Labute approximate surface area is 232 Å². The van der Waals surface area contributed by atoms with Gasteiger partial charge in [0.1, 0.15) is 11.5 Å². The van der Waals surface area contributed by atoms with Crippen LogP contribution in [0.3, 0.4) is 0 Å². The number of fused-ring (bicyclic) bond motifs is 1. The van der Waals surface area contributed by atoms with E-state index in [0.29, 0.717) is 37.5 Å². The van der Waals surface area contributed by atoms with Crippen LogP contribution < -0.4 is 16.2 Å². The largest absolute Gasteiger partial charge is 0.449 e. The molecule has 0 bridgehead atoms. The lowest BCUT2D eigenvalue weighted by atomic mass is 9.79. The van der Waals surface area contributed by atoms with Crippen LogP contribution in [0.4, 0.5) is 23.7 Å². The van der Waals surface area contributed by atoms with Gasteiger partial charge in [-0.3, -0.25) is 9.91 Å². The van der Waals surface area contributed by atoms with Gasteiger partial charge in [0.2, 0.25) is 0 Å². The predicted molar refractivity (Wildman–Crippen MR) is 142 cm³/mol. The van der Waals surface area contributed by atoms with Crippen LogP contribution >= 0.6 is 15.9 Å². The zero-order valence-electron chi connectivity index (χ0n) is 21.5. The first-order valence-electron chi connectivity index (χ1n) is 12.7. The monoisotopic (exact) mass is 610 g/mol. The van der Waals surface area contributed by atoms with Gasteiger partial charge >= 0.3 is 12.3 Å². The number of hydrogen-bond acceptors (Lipinski definition) is 8. The van der Waals surface area contributed by atoms with E-state index in [-0.39, 0.29) is 24.8 Å². The van der Waals surface area contributed by atoms with Crippen molar-refractivity contribution < 1.29 is 27.4 Å². The highest BCUT2D eigenvalue weighted by Crippen LogP contribution is 2.47. The van der Waals surface area contributed by atoms with Crippen LogP contribution in [0.2, 0.25) is 0 Å². The number of hydrazone groups is 1. The van der Waals surface area contributed by atoms with Crippen LogP contribution in [-0.2, 0) is 22.2 Å². The number of nitrogens with two attached hydrogens (primary N) is 1. The molecular weight excluding hydrogens is 581 g/mol. The molecule has 13 heteroatoms. The third-order valence-electron chi connectivity index (χ3n) is 7.18. The van der Waals surface area contributed by atoms with Gasteiger partial charge in [-0.05, 0) is 61.2 Å². The Morgan fingerprint density at radius 2 is 2.05 bits per heavy atom. The van der Waals surface area contributed by atoms with Gasteiger partial charge in [0.15, 0.2) is 0 Å². The van der Waals surface area contributed by atoms with Crippen LogP contribution in [0.15, 0.2) is 52.0 Å². The fourth-order valence-electron chi connectivity index (χ4n) is 5.09. The first kappa shape index (κ1) is 27.7. The number of amides is 1. The van der Waals surface area contributed by atoms with E-state index >= 15 is 0 Å². The second-order valence-corrected chi connectivity index (χ2v) is 10.7. The number of halogens is 4. The Morgan fingerprint density at radius 3 is 2.69 bits per heavy atom. The molecule has 3 aliphatic heterocycles. The van der Waals surface area contributed by atoms with Gasteiger partial charge in [0.25, 0.3) is 0 Å².